The first-order valence-corrected chi connectivity index (χ1v) is 11.1. The Hall–Kier alpha value is -2.67. The van der Waals surface area contributed by atoms with E-state index in [0.29, 0.717) is 12.5 Å². The van der Waals surface area contributed by atoms with Crippen LogP contribution in [0.25, 0.3) is 11.0 Å². The van der Waals surface area contributed by atoms with Gasteiger partial charge in [-0.3, -0.25) is 14.5 Å². The molecular weight excluding hydrogens is 446 g/mol. The number of fused-ring (bicyclic) bond motifs is 3. The van der Waals surface area contributed by atoms with Crippen molar-refractivity contribution in [1.82, 2.24) is 9.55 Å². The number of nitrogens with zero attached hydrogens (tertiary/aromatic N) is 3. The molecule has 0 bridgehead atoms. The van der Waals surface area contributed by atoms with Gasteiger partial charge in [-0.2, -0.15) is 0 Å². The molecule has 0 spiro atoms. The van der Waals surface area contributed by atoms with Crippen LogP contribution < -0.4 is 4.90 Å². The zero-order valence-electron chi connectivity index (χ0n) is 17.0. The van der Waals surface area contributed by atoms with Crippen LogP contribution in [0.5, 0.6) is 0 Å². The Labute approximate surface area is 184 Å². The quantitative estimate of drug-likeness (QED) is 0.387. The zero-order valence-corrected chi connectivity index (χ0v) is 18.6. The third-order valence-electron chi connectivity index (χ3n) is 5.41. The van der Waals surface area contributed by atoms with Gasteiger partial charge in [0, 0.05) is 11.0 Å². The molecule has 3 aromatic rings. The summed E-state index contributed by atoms with van der Waals surface area (Å²) in [5.41, 5.74) is 2.54. The minimum atomic E-state index is -0.971. The van der Waals surface area contributed by atoms with Crippen molar-refractivity contribution in [1.29, 1.82) is 0 Å². The summed E-state index contributed by atoms with van der Waals surface area (Å²) < 4.78 is 8.27. The van der Waals surface area contributed by atoms with Gasteiger partial charge in [0.1, 0.15) is 0 Å². The van der Waals surface area contributed by atoms with Gasteiger partial charge >= 0.3 is 5.97 Å². The van der Waals surface area contributed by atoms with Crippen molar-refractivity contribution >= 4 is 44.8 Å². The second-order valence-electron chi connectivity index (χ2n) is 7.34. The smallest absolute Gasteiger partial charge is 0.321 e. The molecule has 0 aliphatic carbocycles. The maximum atomic E-state index is 13.6. The number of carbonyl (C=O) groups is 2. The maximum Gasteiger partial charge on any atom is 0.321 e. The second kappa shape index (κ2) is 8.60. The average Bonchev–Trinajstić information content (AvgIpc) is 3.11. The van der Waals surface area contributed by atoms with E-state index in [9.17, 15) is 9.59 Å². The van der Waals surface area contributed by atoms with Crippen molar-refractivity contribution in [2.45, 2.75) is 32.7 Å². The fourth-order valence-corrected chi connectivity index (χ4v) is 4.48. The molecule has 1 aliphatic rings. The van der Waals surface area contributed by atoms with Crippen LogP contribution >= 0.6 is 15.9 Å². The van der Waals surface area contributed by atoms with Crippen LogP contribution in [0.1, 0.15) is 38.3 Å². The standard InChI is InChI=1S/C23H24BrN3O3/c1-3-5-13-26-21(28)19(22(29)30-4-2)20(15-9-8-10-16(24)14-15)27-18-12-7-6-11-17(18)25-23(26)27/h6-12,14,19-20H,3-5,13H2,1-2H3. The lowest BCUT2D eigenvalue weighted by molar-refractivity contribution is -0.153. The summed E-state index contributed by atoms with van der Waals surface area (Å²) in [5.74, 6) is -1.14. The SMILES string of the molecule is CCCCN1C(=O)C(C(=O)OCC)C(c2cccc(Br)c2)n2c1nc1ccccc12. The highest BCUT2D eigenvalue weighted by atomic mass is 79.9. The highest BCUT2D eigenvalue weighted by Crippen LogP contribution is 2.41. The normalized spacial score (nSPS) is 18.5. The van der Waals surface area contributed by atoms with E-state index in [4.69, 9.17) is 9.72 Å². The van der Waals surface area contributed by atoms with Crippen molar-refractivity contribution in [3.05, 3.63) is 58.6 Å². The Morgan fingerprint density at radius 2 is 1.97 bits per heavy atom. The number of hydrogen-bond donors (Lipinski definition) is 0. The number of imidazole rings is 1. The summed E-state index contributed by atoms with van der Waals surface area (Å²) in [4.78, 5) is 33.1. The van der Waals surface area contributed by atoms with Crippen LogP contribution in [0.4, 0.5) is 5.95 Å². The van der Waals surface area contributed by atoms with Gasteiger partial charge < -0.3 is 9.30 Å². The summed E-state index contributed by atoms with van der Waals surface area (Å²) in [5, 5.41) is 0. The number of aromatic nitrogens is 2. The van der Waals surface area contributed by atoms with Crippen molar-refractivity contribution in [3.8, 4) is 0 Å². The fourth-order valence-electron chi connectivity index (χ4n) is 4.07. The Bertz CT molecular complexity index is 1090. The molecule has 6 nitrogen and oxygen atoms in total. The van der Waals surface area contributed by atoms with Crippen LogP contribution in [0.3, 0.4) is 0 Å². The number of rotatable bonds is 6. The Morgan fingerprint density at radius 1 is 1.17 bits per heavy atom. The number of benzene rings is 2. The maximum absolute atomic E-state index is 13.6. The summed E-state index contributed by atoms with van der Waals surface area (Å²) >= 11 is 3.52. The van der Waals surface area contributed by atoms with Crippen LogP contribution in [-0.2, 0) is 14.3 Å². The van der Waals surface area contributed by atoms with Crippen molar-refractivity contribution in [2.24, 2.45) is 5.92 Å². The second-order valence-corrected chi connectivity index (χ2v) is 8.26. The number of ether oxygens (including phenoxy) is 1. The van der Waals surface area contributed by atoms with Gasteiger partial charge in [-0.1, -0.05) is 53.5 Å². The third-order valence-corrected chi connectivity index (χ3v) is 5.90. The van der Waals surface area contributed by atoms with Crippen LogP contribution in [0.15, 0.2) is 53.0 Å². The molecule has 156 valence electrons. The zero-order chi connectivity index (χ0) is 21.3. The number of amides is 1. The average molecular weight is 470 g/mol. The van der Waals surface area contributed by atoms with Gasteiger partial charge in [0.25, 0.3) is 0 Å². The molecule has 1 amide bonds. The third kappa shape index (κ3) is 3.51. The summed E-state index contributed by atoms with van der Waals surface area (Å²) in [7, 11) is 0. The van der Waals surface area contributed by atoms with Crippen LogP contribution in [-0.4, -0.2) is 34.6 Å². The lowest BCUT2D eigenvalue weighted by Crippen LogP contribution is -2.50. The number of hydrogen-bond acceptors (Lipinski definition) is 4. The largest absolute Gasteiger partial charge is 0.465 e. The summed E-state index contributed by atoms with van der Waals surface area (Å²) in [6.07, 6.45) is 1.76. The summed E-state index contributed by atoms with van der Waals surface area (Å²) in [6, 6.07) is 15.0. The van der Waals surface area contributed by atoms with Crippen molar-refractivity contribution in [2.75, 3.05) is 18.1 Å². The van der Waals surface area contributed by atoms with E-state index in [1.54, 1.807) is 11.8 Å². The number of unbranched alkanes of at least 4 members (excludes halogenated alkanes) is 1. The van der Waals surface area contributed by atoms with Gasteiger partial charge in [0.15, 0.2) is 5.92 Å². The molecule has 2 heterocycles. The van der Waals surface area contributed by atoms with Gasteiger partial charge in [0.05, 0.1) is 23.7 Å². The van der Waals surface area contributed by atoms with Gasteiger partial charge in [-0.25, -0.2) is 4.98 Å². The topological polar surface area (TPSA) is 64.4 Å². The van der Waals surface area contributed by atoms with E-state index in [0.717, 1.165) is 33.9 Å². The van der Waals surface area contributed by atoms with Gasteiger partial charge in [-0.05, 0) is 43.2 Å². The molecule has 30 heavy (non-hydrogen) atoms. The first kappa shape index (κ1) is 20.6. The molecule has 1 aromatic heterocycles. The molecule has 0 saturated carbocycles. The molecule has 2 aromatic carbocycles. The monoisotopic (exact) mass is 469 g/mol. The molecule has 0 fully saturated rings. The van der Waals surface area contributed by atoms with E-state index in [1.807, 2.05) is 53.1 Å². The number of para-hydroxylation sites is 2. The van der Waals surface area contributed by atoms with Crippen LogP contribution in [0, 0.1) is 5.92 Å². The van der Waals surface area contributed by atoms with Crippen LogP contribution in [0.2, 0.25) is 0 Å². The van der Waals surface area contributed by atoms with E-state index >= 15 is 0 Å². The Balaban J connectivity index is 1.98. The fraction of sp³-hybridized carbons (Fsp3) is 0.348. The lowest BCUT2D eigenvalue weighted by Gasteiger charge is -2.38. The Morgan fingerprint density at radius 3 is 2.70 bits per heavy atom. The minimum absolute atomic E-state index is 0.223. The molecule has 2 atom stereocenters. The molecule has 0 N–H and O–H groups in total. The highest BCUT2D eigenvalue weighted by molar-refractivity contribution is 9.10. The number of halogens is 1. The van der Waals surface area contributed by atoms with Gasteiger partial charge in [0.2, 0.25) is 11.9 Å². The van der Waals surface area contributed by atoms with E-state index < -0.39 is 17.9 Å². The summed E-state index contributed by atoms with van der Waals surface area (Å²) in [6.45, 7) is 4.57. The van der Waals surface area contributed by atoms with Crippen molar-refractivity contribution < 1.29 is 14.3 Å². The molecule has 7 heteroatoms. The Kier molecular flexibility index (Phi) is 5.90. The molecule has 4 rings (SSSR count). The van der Waals surface area contributed by atoms with E-state index in [2.05, 4.69) is 22.9 Å². The molecule has 2 unspecified atom stereocenters. The van der Waals surface area contributed by atoms with E-state index in [1.165, 1.54) is 0 Å². The first-order valence-electron chi connectivity index (χ1n) is 10.3. The predicted octanol–water partition coefficient (Wildman–Crippen LogP) is 4.71. The van der Waals surface area contributed by atoms with Crippen molar-refractivity contribution in [3.63, 3.8) is 0 Å². The van der Waals surface area contributed by atoms with Gasteiger partial charge in [-0.15, -0.1) is 0 Å². The molecule has 0 radical (unpaired) electrons. The number of carbonyl (C=O) groups excluding carboxylic acids is 2. The lowest BCUT2D eigenvalue weighted by atomic mass is 9.89. The molecular formula is C23H24BrN3O3. The molecule has 1 aliphatic heterocycles. The number of esters is 1. The minimum Gasteiger partial charge on any atom is -0.465 e. The van der Waals surface area contributed by atoms with E-state index in [-0.39, 0.29) is 12.5 Å². The first-order chi connectivity index (χ1) is 14.6. The molecule has 0 saturated heterocycles. The number of anilines is 1. The highest BCUT2D eigenvalue weighted by Gasteiger charge is 2.47. The predicted molar refractivity (Wildman–Crippen MR) is 119 cm³/mol.